The van der Waals surface area contributed by atoms with Gasteiger partial charge in [0.1, 0.15) is 0 Å². The maximum absolute atomic E-state index is 11.7. The van der Waals surface area contributed by atoms with E-state index < -0.39 is 5.60 Å². The van der Waals surface area contributed by atoms with Gasteiger partial charge in [-0.1, -0.05) is 0 Å². The molecule has 0 spiro atoms. The van der Waals surface area contributed by atoms with Crippen molar-refractivity contribution in [3.8, 4) is 0 Å². The molecular weight excluding hydrogens is 270 g/mol. The Kier molecular flexibility index (Phi) is 6.02. The van der Waals surface area contributed by atoms with Crippen LogP contribution in [0.2, 0.25) is 0 Å². The van der Waals surface area contributed by atoms with Crippen LogP contribution in [-0.2, 0) is 14.3 Å². The monoisotopic (exact) mass is 299 g/mol. The molecule has 21 heavy (non-hydrogen) atoms. The summed E-state index contributed by atoms with van der Waals surface area (Å²) >= 11 is 0. The second kappa shape index (κ2) is 7.56. The minimum Gasteiger partial charge on any atom is -0.466 e. The van der Waals surface area contributed by atoms with Crippen LogP contribution in [0.5, 0.6) is 0 Å². The molecule has 2 fully saturated rings. The van der Waals surface area contributed by atoms with Gasteiger partial charge in [-0.25, -0.2) is 0 Å². The van der Waals surface area contributed by atoms with E-state index >= 15 is 0 Å². The molecule has 0 aromatic carbocycles. The third kappa shape index (κ3) is 4.94. The lowest BCUT2D eigenvalue weighted by Gasteiger charge is -2.37. The molecule has 2 atom stereocenters. The highest BCUT2D eigenvalue weighted by molar-refractivity contribution is 5.72. The summed E-state index contributed by atoms with van der Waals surface area (Å²) in [6.07, 6.45) is 5.09. The molecule has 2 aliphatic rings. The molecule has 5 nitrogen and oxygen atoms in total. The fraction of sp³-hybridized carbons (Fsp3) is 0.938. The molecule has 2 unspecified atom stereocenters. The van der Waals surface area contributed by atoms with E-state index in [1.54, 1.807) is 0 Å². The van der Waals surface area contributed by atoms with Crippen LogP contribution in [0.1, 0.15) is 52.4 Å². The number of ether oxygens (including phenoxy) is 2. The molecule has 122 valence electrons. The first-order valence-electron chi connectivity index (χ1n) is 8.26. The molecule has 0 aromatic heterocycles. The molecule has 1 saturated heterocycles. The molecule has 2 rings (SSSR count). The van der Waals surface area contributed by atoms with Gasteiger partial charge < -0.3 is 19.9 Å². The molecule has 1 saturated carbocycles. The van der Waals surface area contributed by atoms with E-state index in [1.165, 1.54) is 0 Å². The summed E-state index contributed by atoms with van der Waals surface area (Å²) in [5, 5.41) is 14.1. The number of esters is 1. The fourth-order valence-corrected chi connectivity index (χ4v) is 3.35. The van der Waals surface area contributed by atoms with Crippen molar-refractivity contribution in [2.24, 2.45) is 5.92 Å². The molecule has 0 aromatic rings. The van der Waals surface area contributed by atoms with Gasteiger partial charge in [0, 0.05) is 19.2 Å². The topological polar surface area (TPSA) is 67.8 Å². The lowest BCUT2D eigenvalue weighted by molar-refractivity contribution is -0.151. The first-order valence-corrected chi connectivity index (χ1v) is 8.26. The number of aliphatic hydroxyl groups is 1. The standard InChI is InChI=1S/C16H29NO4/c1-3-20-15(18)13-4-7-16(19,8-5-13)11-17-14-6-9-21-12(2)10-14/h12-14,17,19H,3-11H2,1-2H3. The lowest BCUT2D eigenvalue weighted by Crippen LogP contribution is -2.49. The highest BCUT2D eigenvalue weighted by atomic mass is 16.5. The van der Waals surface area contributed by atoms with Crippen molar-refractivity contribution < 1.29 is 19.4 Å². The Morgan fingerprint density at radius 1 is 1.38 bits per heavy atom. The lowest BCUT2D eigenvalue weighted by atomic mass is 9.78. The highest BCUT2D eigenvalue weighted by Gasteiger charge is 2.36. The Bertz CT molecular complexity index is 339. The minimum atomic E-state index is -0.676. The Morgan fingerprint density at radius 3 is 2.71 bits per heavy atom. The van der Waals surface area contributed by atoms with Gasteiger partial charge >= 0.3 is 5.97 Å². The Morgan fingerprint density at radius 2 is 2.10 bits per heavy atom. The maximum Gasteiger partial charge on any atom is 0.308 e. The third-order valence-corrected chi connectivity index (χ3v) is 4.74. The van der Waals surface area contributed by atoms with E-state index in [0.29, 0.717) is 38.1 Å². The van der Waals surface area contributed by atoms with Gasteiger partial charge in [0.2, 0.25) is 0 Å². The van der Waals surface area contributed by atoms with Crippen molar-refractivity contribution in [2.75, 3.05) is 19.8 Å². The molecule has 0 radical (unpaired) electrons. The van der Waals surface area contributed by atoms with Gasteiger partial charge in [-0.05, 0) is 52.4 Å². The van der Waals surface area contributed by atoms with Crippen molar-refractivity contribution in [1.29, 1.82) is 0 Å². The summed E-state index contributed by atoms with van der Waals surface area (Å²) in [4.78, 5) is 11.7. The second-order valence-corrected chi connectivity index (χ2v) is 6.53. The van der Waals surface area contributed by atoms with Crippen LogP contribution in [-0.4, -0.2) is 48.6 Å². The van der Waals surface area contributed by atoms with Gasteiger partial charge in [0.25, 0.3) is 0 Å². The van der Waals surface area contributed by atoms with Crippen LogP contribution < -0.4 is 5.32 Å². The quantitative estimate of drug-likeness (QED) is 0.755. The predicted octanol–water partition coefficient (Wildman–Crippen LogP) is 1.63. The number of carbonyl (C=O) groups excluding carboxylic acids is 1. The van der Waals surface area contributed by atoms with E-state index in [2.05, 4.69) is 12.2 Å². The Hall–Kier alpha value is -0.650. The predicted molar refractivity (Wildman–Crippen MR) is 80.0 cm³/mol. The number of carbonyl (C=O) groups is 1. The van der Waals surface area contributed by atoms with Crippen molar-refractivity contribution >= 4 is 5.97 Å². The van der Waals surface area contributed by atoms with Crippen LogP contribution in [0.25, 0.3) is 0 Å². The maximum atomic E-state index is 11.7. The van der Waals surface area contributed by atoms with Crippen molar-refractivity contribution in [3.63, 3.8) is 0 Å². The first-order chi connectivity index (χ1) is 10.0. The molecule has 1 aliphatic heterocycles. The summed E-state index contributed by atoms with van der Waals surface area (Å²) in [6.45, 7) is 5.76. The molecule has 0 amide bonds. The van der Waals surface area contributed by atoms with Crippen LogP contribution in [0.15, 0.2) is 0 Å². The number of hydrogen-bond donors (Lipinski definition) is 2. The van der Waals surface area contributed by atoms with Gasteiger partial charge in [0.05, 0.1) is 24.2 Å². The van der Waals surface area contributed by atoms with Crippen LogP contribution >= 0.6 is 0 Å². The zero-order chi connectivity index (χ0) is 15.3. The summed E-state index contributed by atoms with van der Waals surface area (Å²) in [7, 11) is 0. The van der Waals surface area contributed by atoms with Crippen LogP contribution in [0, 0.1) is 5.92 Å². The van der Waals surface area contributed by atoms with E-state index in [9.17, 15) is 9.90 Å². The normalized spacial score (nSPS) is 37.2. The van der Waals surface area contributed by atoms with E-state index in [0.717, 1.165) is 32.3 Å². The molecule has 1 heterocycles. The van der Waals surface area contributed by atoms with Gasteiger partial charge in [-0.2, -0.15) is 0 Å². The van der Waals surface area contributed by atoms with Gasteiger partial charge in [-0.15, -0.1) is 0 Å². The zero-order valence-electron chi connectivity index (χ0n) is 13.3. The molecule has 1 aliphatic carbocycles. The minimum absolute atomic E-state index is 0.0340. The fourth-order valence-electron chi connectivity index (χ4n) is 3.35. The van der Waals surface area contributed by atoms with E-state index in [-0.39, 0.29) is 11.9 Å². The highest BCUT2D eigenvalue weighted by Crippen LogP contribution is 2.32. The van der Waals surface area contributed by atoms with E-state index in [4.69, 9.17) is 9.47 Å². The zero-order valence-corrected chi connectivity index (χ0v) is 13.3. The van der Waals surface area contributed by atoms with Gasteiger partial charge in [0.15, 0.2) is 0 Å². The second-order valence-electron chi connectivity index (χ2n) is 6.53. The van der Waals surface area contributed by atoms with E-state index in [1.807, 2.05) is 6.92 Å². The summed E-state index contributed by atoms with van der Waals surface area (Å²) in [5.74, 6) is -0.140. The molecule has 0 bridgehead atoms. The third-order valence-electron chi connectivity index (χ3n) is 4.74. The van der Waals surface area contributed by atoms with Crippen LogP contribution in [0.4, 0.5) is 0 Å². The summed E-state index contributed by atoms with van der Waals surface area (Å²) in [5.41, 5.74) is -0.676. The number of rotatable bonds is 5. The SMILES string of the molecule is CCOC(=O)C1CCC(O)(CNC2CCOC(C)C2)CC1. The molecule has 2 N–H and O–H groups in total. The number of hydrogen-bond acceptors (Lipinski definition) is 5. The number of nitrogens with one attached hydrogen (secondary N) is 1. The smallest absolute Gasteiger partial charge is 0.308 e. The largest absolute Gasteiger partial charge is 0.466 e. The average molecular weight is 299 g/mol. The Labute approximate surface area is 127 Å². The first kappa shape index (κ1) is 16.7. The van der Waals surface area contributed by atoms with Gasteiger partial charge in [-0.3, -0.25) is 4.79 Å². The van der Waals surface area contributed by atoms with Crippen molar-refractivity contribution in [1.82, 2.24) is 5.32 Å². The Balaban J connectivity index is 1.73. The molecular formula is C16H29NO4. The molecule has 5 heteroatoms. The van der Waals surface area contributed by atoms with Crippen molar-refractivity contribution in [2.45, 2.75) is 70.1 Å². The summed E-state index contributed by atoms with van der Waals surface area (Å²) < 4.78 is 10.6. The van der Waals surface area contributed by atoms with Crippen molar-refractivity contribution in [3.05, 3.63) is 0 Å². The summed E-state index contributed by atoms with van der Waals surface area (Å²) in [6, 6.07) is 0.431. The van der Waals surface area contributed by atoms with Crippen LogP contribution in [0.3, 0.4) is 0 Å². The average Bonchev–Trinajstić information content (AvgIpc) is 2.46.